The average Bonchev–Trinajstić information content (AvgIpc) is 2.60. The van der Waals surface area contributed by atoms with Crippen molar-refractivity contribution < 1.29 is 9.50 Å². The predicted molar refractivity (Wildman–Crippen MR) is 112 cm³/mol. The molecule has 0 aliphatic carbocycles. The molecule has 6 heteroatoms. The van der Waals surface area contributed by atoms with Crippen molar-refractivity contribution >= 4 is 35.6 Å². The van der Waals surface area contributed by atoms with E-state index in [1.165, 1.54) is 23.3 Å². The van der Waals surface area contributed by atoms with E-state index in [0.717, 1.165) is 18.5 Å². The first-order chi connectivity index (χ1) is 11.5. The third-order valence-electron chi connectivity index (χ3n) is 3.94. The van der Waals surface area contributed by atoms with Gasteiger partial charge in [-0.2, -0.15) is 0 Å². The second-order valence-corrected chi connectivity index (χ2v) is 5.58. The zero-order chi connectivity index (χ0) is 17.5. The molecule has 0 aromatic heterocycles. The Balaban J connectivity index is 0.00000312. The Morgan fingerprint density at radius 1 is 1.12 bits per heavy atom. The SMILES string of the molecule is CCc1cccc(CC)c1NC(N)=NCC(O)c1ccc(F)cc1.I. The van der Waals surface area contributed by atoms with Crippen molar-refractivity contribution in [1.29, 1.82) is 0 Å². The lowest BCUT2D eigenvalue weighted by Crippen LogP contribution is -2.25. The quantitative estimate of drug-likeness (QED) is 0.349. The molecule has 136 valence electrons. The molecule has 0 aliphatic heterocycles. The van der Waals surface area contributed by atoms with Crippen LogP contribution in [0.1, 0.15) is 36.6 Å². The Hall–Kier alpha value is -1.67. The van der Waals surface area contributed by atoms with Crippen LogP contribution in [0.4, 0.5) is 10.1 Å². The minimum atomic E-state index is -0.821. The lowest BCUT2D eigenvalue weighted by atomic mass is 10.0. The molecule has 4 nitrogen and oxygen atoms in total. The molecule has 0 spiro atoms. The van der Waals surface area contributed by atoms with Crippen LogP contribution in [0.15, 0.2) is 47.5 Å². The second kappa shape index (κ2) is 10.4. The fourth-order valence-electron chi connectivity index (χ4n) is 2.55. The Labute approximate surface area is 165 Å². The van der Waals surface area contributed by atoms with Crippen molar-refractivity contribution in [2.75, 3.05) is 11.9 Å². The number of guanidine groups is 1. The Morgan fingerprint density at radius 2 is 1.68 bits per heavy atom. The third kappa shape index (κ3) is 5.97. The molecule has 0 bridgehead atoms. The van der Waals surface area contributed by atoms with Gasteiger partial charge in [0.15, 0.2) is 5.96 Å². The van der Waals surface area contributed by atoms with Crippen LogP contribution in [0.25, 0.3) is 0 Å². The molecular weight excluding hydrogens is 432 g/mol. The molecule has 0 radical (unpaired) electrons. The highest BCUT2D eigenvalue weighted by molar-refractivity contribution is 14.0. The highest BCUT2D eigenvalue weighted by atomic mass is 127. The number of aliphatic hydroxyl groups excluding tert-OH is 1. The van der Waals surface area contributed by atoms with Gasteiger partial charge < -0.3 is 16.2 Å². The van der Waals surface area contributed by atoms with Crippen LogP contribution in [0.3, 0.4) is 0 Å². The molecule has 2 rings (SSSR count). The van der Waals surface area contributed by atoms with Crippen molar-refractivity contribution in [1.82, 2.24) is 0 Å². The topological polar surface area (TPSA) is 70.6 Å². The summed E-state index contributed by atoms with van der Waals surface area (Å²) < 4.78 is 12.9. The van der Waals surface area contributed by atoms with E-state index in [1.54, 1.807) is 12.1 Å². The number of aryl methyl sites for hydroxylation is 2. The van der Waals surface area contributed by atoms with Crippen LogP contribution >= 0.6 is 24.0 Å². The van der Waals surface area contributed by atoms with E-state index in [1.807, 2.05) is 6.07 Å². The molecule has 4 N–H and O–H groups in total. The van der Waals surface area contributed by atoms with Crippen molar-refractivity contribution in [2.45, 2.75) is 32.8 Å². The summed E-state index contributed by atoms with van der Waals surface area (Å²) >= 11 is 0. The first-order valence-corrected chi connectivity index (χ1v) is 8.16. The lowest BCUT2D eigenvalue weighted by molar-refractivity contribution is 0.187. The monoisotopic (exact) mass is 457 g/mol. The summed E-state index contributed by atoms with van der Waals surface area (Å²) in [6.45, 7) is 4.29. The van der Waals surface area contributed by atoms with Crippen LogP contribution < -0.4 is 11.1 Å². The number of nitrogens with one attached hydrogen (secondary N) is 1. The van der Waals surface area contributed by atoms with Crippen LogP contribution in [0.2, 0.25) is 0 Å². The lowest BCUT2D eigenvalue weighted by Gasteiger charge is -2.15. The smallest absolute Gasteiger partial charge is 0.193 e. The second-order valence-electron chi connectivity index (χ2n) is 5.58. The number of hydrogen-bond donors (Lipinski definition) is 3. The van der Waals surface area contributed by atoms with Crippen LogP contribution in [-0.4, -0.2) is 17.6 Å². The Bertz CT molecular complexity index is 682. The molecule has 0 saturated carbocycles. The van der Waals surface area contributed by atoms with Gasteiger partial charge in [0.1, 0.15) is 5.82 Å². The molecule has 2 aromatic rings. The maximum absolute atomic E-state index is 12.9. The largest absolute Gasteiger partial charge is 0.386 e. The van der Waals surface area contributed by atoms with Crippen molar-refractivity contribution in [3.05, 3.63) is 65.0 Å². The summed E-state index contributed by atoms with van der Waals surface area (Å²) in [5.74, 6) is -0.0781. The number of halogens is 2. The molecule has 0 saturated heterocycles. The van der Waals surface area contributed by atoms with Crippen LogP contribution in [-0.2, 0) is 12.8 Å². The Kier molecular flexibility index (Phi) is 8.85. The van der Waals surface area contributed by atoms with Crippen molar-refractivity contribution in [2.24, 2.45) is 10.7 Å². The van der Waals surface area contributed by atoms with Gasteiger partial charge in [0, 0.05) is 5.69 Å². The third-order valence-corrected chi connectivity index (χ3v) is 3.94. The van der Waals surface area contributed by atoms with Gasteiger partial charge in [-0.1, -0.05) is 44.2 Å². The van der Waals surface area contributed by atoms with Crippen molar-refractivity contribution in [3.63, 3.8) is 0 Å². The van der Waals surface area contributed by atoms with Gasteiger partial charge in [-0.3, -0.25) is 4.99 Å². The molecule has 0 aliphatic rings. The van der Waals surface area contributed by atoms with Crippen molar-refractivity contribution in [3.8, 4) is 0 Å². The number of hydrogen-bond acceptors (Lipinski definition) is 2. The molecule has 0 amide bonds. The van der Waals surface area contributed by atoms with E-state index in [2.05, 4.69) is 36.3 Å². The van der Waals surface area contributed by atoms with Gasteiger partial charge >= 0.3 is 0 Å². The predicted octanol–water partition coefficient (Wildman–Crippen LogP) is 4.03. The summed E-state index contributed by atoms with van der Waals surface area (Å²) in [5, 5.41) is 13.3. The maximum Gasteiger partial charge on any atom is 0.193 e. The number of aliphatic hydroxyl groups is 1. The zero-order valence-corrected chi connectivity index (χ0v) is 16.8. The average molecular weight is 457 g/mol. The summed E-state index contributed by atoms with van der Waals surface area (Å²) in [4.78, 5) is 4.21. The van der Waals surface area contributed by atoms with Gasteiger partial charge in [0.25, 0.3) is 0 Å². The number of anilines is 1. The number of nitrogens with zero attached hydrogens (tertiary/aromatic N) is 1. The fourth-order valence-corrected chi connectivity index (χ4v) is 2.55. The number of rotatable bonds is 6. The van der Waals surface area contributed by atoms with E-state index in [0.29, 0.717) is 5.56 Å². The summed E-state index contributed by atoms with van der Waals surface area (Å²) in [7, 11) is 0. The summed E-state index contributed by atoms with van der Waals surface area (Å²) in [6, 6.07) is 11.9. The molecule has 1 unspecified atom stereocenters. The number of nitrogens with two attached hydrogens (primary N) is 1. The number of aliphatic imine (C=N–C) groups is 1. The van der Waals surface area contributed by atoms with E-state index in [-0.39, 0.29) is 42.3 Å². The van der Waals surface area contributed by atoms with Gasteiger partial charge in [-0.05, 0) is 41.7 Å². The Morgan fingerprint density at radius 3 is 2.20 bits per heavy atom. The molecule has 0 fully saturated rings. The first kappa shape index (κ1) is 21.4. The van der Waals surface area contributed by atoms with Gasteiger partial charge in [0.05, 0.1) is 12.6 Å². The highest BCUT2D eigenvalue weighted by Crippen LogP contribution is 2.22. The highest BCUT2D eigenvalue weighted by Gasteiger charge is 2.09. The fraction of sp³-hybridized carbons (Fsp3) is 0.316. The van der Waals surface area contributed by atoms with E-state index < -0.39 is 6.10 Å². The van der Waals surface area contributed by atoms with Gasteiger partial charge in [-0.25, -0.2) is 4.39 Å². The molecule has 25 heavy (non-hydrogen) atoms. The molecule has 2 aromatic carbocycles. The minimum Gasteiger partial charge on any atom is -0.386 e. The van der Waals surface area contributed by atoms with E-state index in [4.69, 9.17) is 5.73 Å². The van der Waals surface area contributed by atoms with Crippen LogP contribution in [0.5, 0.6) is 0 Å². The first-order valence-electron chi connectivity index (χ1n) is 8.16. The maximum atomic E-state index is 12.9. The van der Waals surface area contributed by atoms with E-state index >= 15 is 0 Å². The van der Waals surface area contributed by atoms with E-state index in [9.17, 15) is 9.50 Å². The summed E-state index contributed by atoms with van der Waals surface area (Å²) in [6.07, 6.45) is 0.960. The number of benzene rings is 2. The zero-order valence-electron chi connectivity index (χ0n) is 14.5. The summed E-state index contributed by atoms with van der Waals surface area (Å²) in [5.41, 5.74) is 9.91. The minimum absolute atomic E-state index is 0. The molecule has 0 heterocycles. The van der Waals surface area contributed by atoms with Gasteiger partial charge in [-0.15, -0.1) is 24.0 Å². The van der Waals surface area contributed by atoms with Crippen LogP contribution in [0, 0.1) is 5.82 Å². The van der Waals surface area contributed by atoms with Gasteiger partial charge in [0.2, 0.25) is 0 Å². The molecular formula is C19H25FIN3O. The number of para-hydroxylation sites is 1. The standard InChI is InChI=1S/C19H24FN3O.HI/c1-3-13-6-5-7-14(4-2)18(13)23-19(21)22-12-17(24)15-8-10-16(20)11-9-15;/h5-11,17,24H,3-4,12H2,1-2H3,(H3,21,22,23);1H. The molecule has 1 atom stereocenters. The normalized spacial score (nSPS) is 12.4.